The Balaban J connectivity index is 2.01. The monoisotopic (exact) mass is 377 g/mol. The molecule has 2 aromatic rings. The molecule has 0 saturated carbocycles. The van der Waals surface area contributed by atoms with Gasteiger partial charge < -0.3 is 19.0 Å². The zero-order chi connectivity index (χ0) is 18.8. The number of benzene rings is 2. The number of nitrogens with zero attached hydrogens (tertiary/aromatic N) is 1. The smallest absolute Gasteiger partial charge is 0.379 e. The number of oxime groups is 1. The van der Waals surface area contributed by atoms with Crippen LogP contribution in [0.1, 0.15) is 25.0 Å². The van der Waals surface area contributed by atoms with Crippen LogP contribution in [-0.2, 0) is 26.6 Å². The minimum Gasteiger partial charge on any atom is -0.489 e. The molecule has 0 radical (unpaired) electrons. The molecule has 2 rings (SSSR count). The molecule has 0 aliphatic rings. The Morgan fingerprint density at radius 1 is 0.962 bits per heavy atom. The van der Waals surface area contributed by atoms with Gasteiger partial charge in [0.15, 0.2) is 5.45 Å². The van der Waals surface area contributed by atoms with E-state index < -0.39 is 7.60 Å². The summed E-state index contributed by atoms with van der Waals surface area (Å²) >= 11 is 0. The van der Waals surface area contributed by atoms with Gasteiger partial charge in [0.1, 0.15) is 12.4 Å². The van der Waals surface area contributed by atoms with E-state index in [0.29, 0.717) is 6.61 Å². The summed E-state index contributed by atoms with van der Waals surface area (Å²) in [7, 11) is -3.59. The molecule has 0 heterocycles. The van der Waals surface area contributed by atoms with Gasteiger partial charge in [0.2, 0.25) is 0 Å². The first-order valence-corrected chi connectivity index (χ1v) is 10.0. The third-order valence-corrected chi connectivity index (χ3v) is 5.64. The average molecular weight is 377 g/mol. The van der Waals surface area contributed by atoms with Crippen LogP contribution in [0, 0.1) is 0 Å². The van der Waals surface area contributed by atoms with Crippen LogP contribution in [0.5, 0.6) is 5.75 Å². The van der Waals surface area contributed by atoms with E-state index in [0.717, 1.165) is 16.9 Å². The third-order valence-electron chi connectivity index (χ3n) is 3.56. The second-order valence-corrected chi connectivity index (χ2v) is 7.47. The topological polar surface area (TPSA) is 77.4 Å². The van der Waals surface area contributed by atoms with E-state index in [-0.39, 0.29) is 25.1 Å². The largest absolute Gasteiger partial charge is 0.489 e. The molecule has 0 saturated heterocycles. The third kappa shape index (κ3) is 5.70. The molecule has 1 N–H and O–H groups in total. The van der Waals surface area contributed by atoms with E-state index in [1.54, 1.807) is 13.8 Å². The highest BCUT2D eigenvalue weighted by molar-refractivity contribution is 7.72. The molecule has 0 amide bonds. The number of ether oxygens (including phenoxy) is 1. The Bertz CT molecular complexity index is 736. The Morgan fingerprint density at radius 3 is 2.12 bits per heavy atom. The molecular weight excluding hydrogens is 353 g/mol. The minimum absolute atomic E-state index is 0.0147. The number of hydrogen-bond acceptors (Lipinski definition) is 6. The molecule has 0 aliphatic heterocycles. The molecule has 2 aromatic carbocycles. The zero-order valence-electron chi connectivity index (χ0n) is 15.0. The van der Waals surface area contributed by atoms with Crippen molar-refractivity contribution in [2.75, 3.05) is 13.2 Å². The SMILES string of the molecule is CCOP(=O)(OCC)/C(Cc1ccc(OCc2ccccc2)cc1)=N/O. The molecule has 7 heteroatoms. The van der Waals surface area contributed by atoms with Crippen molar-refractivity contribution in [1.29, 1.82) is 0 Å². The van der Waals surface area contributed by atoms with Crippen LogP contribution in [0.4, 0.5) is 0 Å². The normalized spacial score (nSPS) is 12.2. The molecular formula is C19H24NO5P. The quantitative estimate of drug-likeness (QED) is 0.277. The van der Waals surface area contributed by atoms with Gasteiger partial charge in [-0.05, 0) is 37.1 Å². The highest BCUT2D eigenvalue weighted by atomic mass is 31.2. The highest BCUT2D eigenvalue weighted by Crippen LogP contribution is 2.50. The molecule has 0 unspecified atom stereocenters. The summed E-state index contributed by atoms with van der Waals surface area (Å²) in [4.78, 5) is 0. The van der Waals surface area contributed by atoms with Crippen molar-refractivity contribution < 1.29 is 23.6 Å². The van der Waals surface area contributed by atoms with Crippen LogP contribution in [-0.4, -0.2) is 23.9 Å². The first kappa shape index (κ1) is 20.2. The average Bonchev–Trinajstić information content (AvgIpc) is 2.66. The summed E-state index contributed by atoms with van der Waals surface area (Å²) in [6, 6.07) is 17.2. The standard InChI is InChI=1S/C19H24NO5P/c1-3-24-26(22,25-4-2)19(20-21)14-16-10-12-18(13-11-16)23-15-17-8-6-5-7-9-17/h5-13,21H,3-4,14-15H2,1-2H3/b20-19+. The summed E-state index contributed by atoms with van der Waals surface area (Å²) in [5.41, 5.74) is 1.88. The van der Waals surface area contributed by atoms with Crippen molar-refractivity contribution in [2.24, 2.45) is 5.16 Å². The lowest BCUT2D eigenvalue weighted by Crippen LogP contribution is -2.10. The van der Waals surface area contributed by atoms with Gasteiger partial charge in [-0.25, -0.2) is 0 Å². The fourth-order valence-corrected chi connectivity index (χ4v) is 3.88. The molecule has 0 atom stereocenters. The first-order chi connectivity index (χ1) is 12.6. The predicted molar refractivity (Wildman–Crippen MR) is 101 cm³/mol. The highest BCUT2D eigenvalue weighted by Gasteiger charge is 2.32. The van der Waals surface area contributed by atoms with Gasteiger partial charge in [-0.15, -0.1) is 0 Å². The molecule has 0 aromatic heterocycles. The van der Waals surface area contributed by atoms with Crippen LogP contribution in [0.25, 0.3) is 0 Å². The van der Waals surface area contributed by atoms with Crippen LogP contribution in [0.3, 0.4) is 0 Å². The van der Waals surface area contributed by atoms with Crippen molar-refractivity contribution in [3.8, 4) is 5.75 Å². The number of hydrogen-bond donors (Lipinski definition) is 1. The van der Waals surface area contributed by atoms with E-state index in [2.05, 4.69) is 5.16 Å². The van der Waals surface area contributed by atoms with Gasteiger partial charge in [0.25, 0.3) is 0 Å². The van der Waals surface area contributed by atoms with Crippen molar-refractivity contribution in [1.82, 2.24) is 0 Å². The van der Waals surface area contributed by atoms with Crippen molar-refractivity contribution in [3.05, 3.63) is 65.7 Å². The summed E-state index contributed by atoms with van der Waals surface area (Å²) < 4.78 is 28.9. The lowest BCUT2D eigenvalue weighted by Gasteiger charge is -2.17. The number of rotatable bonds is 10. The van der Waals surface area contributed by atoms with Crippen LogP contribution < -0.4 is 4.74 Å². The van der Waals surface area contributed by atoms with Crippen LogP contribution in [0.15, 0.2) is 59.8 Å². The zero-order valence-corrected chi connectivity index (χ0v) is 15.9. The summed E-state index contributed by atoms with van der Waals surface area (Å²) in [5.74, 6) is 0.720. The molecule has 0 fully saturated rings. The van der Waals surface area contributed by atoms with E-state index in [9.17, 15) is 9.77 Å². The Hall–Kier alpha value is -2.14. The van der Waals surface area contributed by atoms with E-state index in [1.165, 1.54) is 0 Å². The maximum absolute atomic E-state index is 12.7. The molecule has 0 spiro atoms. The second kappa shape index (κ2) is 10.1. The minimum atomic E-state index is -3.59. The molecule has 0 bridgehead atoms. The maximum Gasteiger partial charge on any atom is 0.379 e. The molecule has 6 nitrogen and oxygen atoms in total. The van der Waals surface area contributed by atoms with Gasteiger partial charge in [0.05, 0.1) is 13.2 Å². The van der Waals surface area contributed by atoms with E-state index >= 15 is 0 Å². The maximum atomic E-state index is 12.7. The van der Waals surface area contributed by atoms with Gasteiger partial charge in [0, 0.05) is 6.42 Å². The van der Waals surface area contributed by atoms with Crippen LogP contribution >= 0.6 is 7.60 Å². The van der Waals surface area contributed by atoms with Gasteiger partial charge in [-0.2, -0.15) is 0 Å². The molecule has 26 heavy (non-hydrogen) atoms. The van der Waals surface area contributed by atoms with E-state index in [4.69, 9.17) is 13.8 Å². The predicted octanol–water partition coefficient (Wildman–Crippen LogP) is 4.86. The lowest BCUT2D eigenvalue weighted by atomic mass is 10.1. The summed E-state index contributed by atoms with van der Waals surface area (Å²) in [6.45, 7) is 4.29. The fraction of sp³-hybridized carbons (Fsp3) is 0.316. The van der Waals surface area contributed by atoms with Gasteiger partial charge in [-0.1, -0.05) is 47.6 Å². The van der Waals surface area contributed by atoms with Crippen LogP contribution in [0.2, 0.25) is 0 Å². The fourth-order valence-electron chi connectivity index (χ4n) is 2.34. The summed E-state index contributed by atoms with van der Waals surface area (Å²) in [6.07, 6.45) is 0.159. The summed E-state index contributed by atoms with van der Waals surface area (Å²) in [5, 5.41) is 12.4. The Morgan fingerprint density at radius 2 is 1.58 bits per heavy atom. The second-order valence-electron chi connectivity index (χ2n) is 5.44. The Kier molecular flexibility index (Phi) is 7.85. The van der Waals surface area contributed by atoms with Crippen molar-refractivity contribution in [2.45, 2.75) is 26.9 Å². The Labute approximate surface area is 153 Å². The molecule has 140 valence electrons. The first-order valence-electron chi connectivity index (χ1n) is 8.47. The van der Waals surface area contributed by atoms with Gasteiger partial charge in [-0.3, -0.25) is 4.57 Å². The van der Waals surface area contributed by atoms with Crippen molar-refractivity contribution >= 4 is 13.0 Å². The molecule has 0 aliphatic carbocycles. The van der Waals surface area contributed by atoms with Gasteiger partial charge >= 0.3 is 7.60 Å². The van der Waals surface area contributed by atoms with E-state index in [1.807, 2.05) is 54.6 Å². The lowest BCUT2D eigenvalue weighted by molar-refractivity contribution is 0.229. The van der Waals surface area contributed by atoms with Crippen molar-refractivity contribution in [3.63, 3.8) is 0 Å².